The zero-order valence-corrected chi connectivity index (χ0v) is 20.1. The number of carbonyl (C=O) groups is 3. The first kappa shape index (κ1) is 23.0. The van der Waals surface area contributed by atoms with Gasteiger partial charge in [0.25, 0.3) is 0 Å². The summed E-state index contributed by atoms with van der Waals surface area (Å²) >= 11 is 0. The van der Waals surface area contributed by atoms with Gasteiger partial charge in [-0.2, -0.15) is 0 Å². The van der Waals surface area contributed by atoms with Crippen LogP contribution in [0.25, 0.3) is 6.08 Å². The van der Waals surface area contributed by atoms with Crippen LogP contribution in [-0.2, 0) is 9.59 Å². The van der Waals surface area contributed by atoms with Crippen LogP contribution in [0.1, 0.15) is 27.5 Å². The summed E-state index contributed by atoms with van der Waals surface area (Å²) in [6.45, 7) is 0. The van der Waals surface area contributed by atoms with E-state index in [9.17, 15) is 18.8 Å². The van der Waals surface area contributed by atoms with Crippen LogP contribution in [0.4, 0.5) is 10.1 Å². The van der Waals surface area contributed by atoms with Gasteiger partial charge in [-0.05, 0) is 59.7 Å². The minimum atomic E-state index is -0.918. The highest BCUT2D eigenvalue weighted by molar-refractivity contribution is 6.24. The van der Waals surface area contributed by atoms with E-state index in [1.165, 1.54) is 38.5 Å². The monoisotopic (exact) mass is 498 g/mol. The predicted octanol–water partition coefficient (Wildman–Crippen LogP) is 4.24. The van der Waals surface area contributed by atoms with E-state index in [4.69, 9.17) is 9.47 Å². The van der Waals surface area contributed by atoms with Crippen molar-refractivity contribution in [3.05, 3.63) is 95.4 Å². The van der Waals surface area contributed by atoms with Gasteiger partial charge in [0.05, 0.1) is 37.8 Å². The molecule has 0 spiro atoms. The molecular formula is C29H23FN2O5. The highest BCUT2D eigenvalue weighted by atomic mass is 19.1. The summed E-state index contributed by atoms with van der Waals surface area (Å²) in [5.41, 5.74) is 2.44. The Hall–Kier alpha value is -4.46. The molecule has 4 atom stereocenters. The van der Waals surface area contributed by atoms with Gasteiger partial charge in [0.1, 0.15) is 11.9 Å². The molecule has 8 heteroatoms. The Labute approximate surface area is 212 Å². The Kier molecular flexibility index (Phi) is 5.33. The third kappa shape index (κ3) is 3.36. The summed E-state index contributed by atoms with van der Waals surface area (Å²) in [5.74, 6) is -2.48. The predicted molar refractivity (Wildman–Crippen MR) is 134 cm³/mol. The molecule has 3 heterocycles. The molecule has 3 aromatic carbocycles. The number of imide groups is 1. The summed E-state index contributed by atoms with van der Waals surface area (Å²) in [5, 5.41) is 0. The van der Waals surface area contributed by atoms with Gasteiger partial charge in [0.2, 0.25) is 11.8 Å². The number of carbonyl (C=O) groups excluding carboxylic acids is 3. The molecule has 37 heavy (non-hydrogen) atoms. The second-order valence-electron chi connectivity index (χ2n) is 9.26. The molecule has 0 saturated carbocycles. The van der Waals surface area contributed by atoms with Crippen LogP contribution in [-0.4, -0.2) is 42.8 Å². The number of anilines is 1. The SMILES string of the molecule is COc1ccc(C(=O)[C@@H]2[C@H]3C(=O)N(c4ccc(F)cc4)C(=O)[C@@H]3[C@H]3c4ccccc4C=CN23)cc1OC. The third-order valence-electron chi connectivity index (χ3n) is 7.48. The minimum absolute atomic E-state index is 0.286. The molecule has 7 nitrogen and oxygen atoms in total. The van der Waals surface area contributed by atoms with Gasteiger partial charge in [-0.15, -0.1) is 0 Å². The number of fused-ring (bicyclic) bond motifs is 5. The average molecular weight is 499 g/mol. The summed E-state index contributed by atoms with van der Waals surface area (Å²) in [4.78, 5) is 44.7. The van der Waals surface area contributed by atoms with Gasteiger partial charge in [-0.1, -0.05) is 24.3 Å². The third-order valence-corrected chi connectivity index (χ3v) is 7.48. The molecule has 2 amide bonds. The van der Waals surface area contributed by atoms with Crippen molar-refractivity contribution in [2.75, 3.05) is 19.1 Å². The number of ketones is 1. The van der Waals surface area contributed by atoms with Crippen LogP contribution in [0.2, 0.25) is 0 Å². The molecule has 6 rings (SSSR count). The number of hydrogen-bond acceptors (Lipinski definition) is 6. The van der Waals surface area contributed by atoms with E-state index in [0.29, 0.717) is 17.1 Å². The van der Waals surface area contributed by atoms with Gasteiger partial charge in [0, 0.05) is 11.8 Å². The van der Waals surface area contributed by atoms with Crippen LogP contribution in [0.5, 0.6) is 11.5 Å². The normalized spacial score (nSPS) is 23.5. The Balaban J connectivity index is 1.48. The summed E-state index contributed by atoms with van der Waals surface area (Å²) in [6, 6.07) is 16.3. The maximum absolute atomic E-state index is 14.1. The molecule has 3 aliphatic heterocycles. The molecule has 2 fully saturated rings. The maximum atomic E-state index is 14.1. The Morgan fingerprint density at radius 3 is 2.30 bits per heavy atom. The number of nitrogens with zero attached hydrogens (tertiary/aromatic N) is 2. The first-order valence-corrected chi connectivity index (χ1v) is 11.9. The van der Waals surface area contributed by atoms with E-state index in [2.05, 4.69) is 0 Å². The molecular weight excluding hydrogens is 475 g/mol. The van der Waals surface area contributed by atoms with Crippen molar-refractivity contribution in [1.82, 2.24) is 4.90 Å². The lowest BCUT2D eigenvalue weighted by molar-refractivity contribution is -0.123. The number of hydrogen-bond donors (Lipinski definition) is 0. The number of ether oxygens (including phenoxy) is 2. The fourth-order valence-corrected chi connectivity index (χ4v) is 5.86. The van der Waals surface area contributed by atoms with Crippen LogP contribution in [0, 0.1) is 17.7 Å². The van der Waals surface area contributed by atoms with Crippen LogP contribution in [0.3, 0.4) is 0 Å². The van der Waals surface area contributed by atoms with E-state index in [0.717, 1.165) is 16.0 Å². The fourth-order valence-electron chi connectivity index (χ4n) is 5.86. The second-order valence-corrected chi connectivity index (χ2v) is 9.26. The quantitative estimate of drug-likeness (QED) is 0.387. The van der Waals surface area contributed by atoms with Gasteiger partial charge >= 0.3 is 0 Å². The molecule has 3 aromatic rings. The summed E-state index contributed by atoms with van der Waals surface area (Å²) in [7, 11) is 2.99. The van der Waals surface area contributed by atoms with E-state index >= 15 is 0 Å². The minimum Gasteiger partial charge on any atom is -0.493 e. The number of amides is 2. The number of benzene rings is 3. The summed E-state index contributed by atoms with van der Waals surface area (Å²) < 4.78 is 24.3. The second kappa shape index (κ2) is 8.58. The van der Waals surface area contributed by atoms with Crippen molar-refractivity contribution >= 4 is 29.4 Å². The molecule has 0 N–H and O–H groups in total. The molecule has 2 saturated heterocycles. The van der Waals surface area contributed by atoms with E-state index < -0.39 is 41.6 Å². The highest BCUT2D eigenvalue weighted by Gasteiger charge is 2.64. The van der Waals surface area contributed by atoms with Crippen LogP contribution in [0.15, 0.2) is 72.9 Å². The zero-order chi connectivity index (χ0) is 25.8. The lowest BCUT2D eigenvalue weighted by Gasteiger charge is -2.35. The lowest BCUT2D eigenvalue weighted by atomic mass is 9.83. The Bertz CT molecular complexity index is 1470. The number of halogens is 1. The zero-order valence-electron chi connectivity index (χ0n) is 20.1. The van der Waals surface area contributed by atoms with E-state index in [1.54, 1.807) is 24.4 Å². The topological polar surface area (TPSA) is 76.2 Å². The van der Waals surface area contributed by atoms with Crippen molar-refractivity contribution in [3.8, 4) is 11.5 Å². The van der Waals surface area contributed by atoms with Crippen molar-refractivity contribution in [2.24, 2.45) is 11.8 Å². The first-order chi connectivity index (χ1) is 17.9. The number of rotatable bonds is 5. The summed E-state index contributed by atoms with van der Waals surface area (Å²) in [6.07, 6.45) is 3.70. The molecule has 186 valence electrons. The van der Waals surface area contributed by atoms with Crippen LogP contribution >= 0.6 is 0 Å². The van der Waals surface area contributed by atoms with Crippen molar-refractivity contribution in [2.45, 2.75) is 12.1 Å². The molecule has 0 aromatic heterocycles. The van der Waals surface area contributed by atoms with E-state index in [1.807, 2.05) is 35.2 Å². The standard InChI is InChI=1S/C29H23FN2O5/c1-36-21-12-7-17(15-22(21)37-2)27(33)26-24-23(25-20-6-4-3-5-16(20)13-14-31(25)26)28(34)32(29(24)35)19-10-8-18(30)9-11-19/h3-15,23-26H,1-2H3/t23-,24-,25+,26-/m0/s1. The highest BCUT2D eigenvalue weighted by Crippen LogP contribution is 2.53. The molecule has 0 unspecified atom stereocenters. The van der Waals surface area contributed by atoms with Crippen molar-refractivity contribution < 1.29 is 28.2 Å². The fraction of sp³-hybridized carbons (Fsp3) is 0.207. The van der Waals surface area contributed by atoms with Gasteiger partial charge in [-0.3, -0.25) is 14.4 Å². The van der Waals surface area contributed by atoms with Gasteiger partial charge < -0.3 is 14.4 Å². The Morgan fingerprint density at radius 1 is 0.865 bits per heavy atom. The molecule has 0 aliphatic carbocycles. The van der Waals surface area contributed by atoms with Crippen molar-refractivity contribution in [1.29, 1.82) is 0 Å². The van der Waals surface area contributed by atoms with Crippen LogP contribution < -0.4 is 14.4 Å². The largest absolute Gasteiger partial charge is 0.493 e. The van der Waals surface area contributed by atoms with Gasteiger partial charge in [0.15, 0.2) is 17.3 Å². The molecule has 3 aliphatic rings. The van der Waals surface area contributed by atoms with E-state index in [-0.39, 0.29) is 11.5 Å². The smallest absolute Gasteiger partial charge is 0.240 e. The first-order valence-electron chi connectivity index (χ1n) is 11.9. The molecule has 0 radical (unpaired) electrons. The maximum Gasteiger partial charge on any atom is 0.240 e. The average Bonchev–Trinajstić information content (AvgIpc) is 3.40. The molecule has 0 bridgehead atoms. The number of methoxy groups -OCH3 is 2. The number of Topliss-reactive ketones (excluding diaryl/α,β-unsaturated/α-hetero) is 1. The Morgan fingerprint density at radius 2 is 1.57 bits per heavy atom. The van der Waals surface area contributed by atoms with Crippen molar-refractivity contribution in [3.63, 3.8) is 0 Å². The lowest BCUT2D eigenvalue weighted by Crippen LogP contribution is -2.44. The van der Waals surface area contributed by atoms with Gasteiger partial charge in [-0.25, -0.2) is 9.29 Å².